The van der Waals surface area contributed by atoms with Gasteiger partial charge in [-0.1, -0.05) is 221 Å². The zero-order chi connectivity index (χ0) is 45.1. The van der Waals surface area contributed by atoms with E-state index in [4.69, 9.17) is 14.2 Å². The van der Waals surface area contributed by atoms with Gasteiger partial charge in [0.15, 0.2) is 6.10 Å². The number of esters is 3. The van der Waals surface area contributed by atoms with Crippen LogP contribution < -0.4 is 0 Å². The van der Waals surface area contributed by atoms with E-state index >= 15 is 0 Å². The zero-order valence-corrected chi connectivity index (χ0v) is 40.4. The molecule has 0 N–H and O–H groups in total. The number of carbonyl (C=O) groups is 3. The average molecular weight is 863 g/mol. The second kappa shape index (κ2) is 50.2. The van der Waals surface area contributed by atoms with Gasteiger partial charge in [0.25, 0.3) is 0 Å². The van der Waals surface area contributed by atoms with Crippen molar-refractivity contribution in [3.63, 3.8) is 0 Å². The van der Waals surface area contributed by atoms with Crippen LogP contribution in [0.25, 0.3) is 0 Å². The lowest BCUT2D eigenvalue weighted by molar-refractivity contribution is -0.166. The van der Waals surface area contributed by atoms with Gasteiger partial charge >= 0.3 is 17.9 Å². The van der Waals surface area contributed by atoms with Crippen LogP contribution in [0, 0.1) is 0 Å². The van der Waals surface area contributed by atoms with Crippen LogP contribution >= 0.6 is 0 Å². The van der Waals surface area contributed by atoms with Crippen molar-refractivity contribution in [1.29, 1.82) is 0 Å². The Hall–Kier alpha value is -3.41. The molecule has 0 amide bonds. The van der Waals surface area contributed by atoms with Crippen LogP contribution in [0.2, 0.25) is 0 Å². The molecule has 0 rings (SSSR count). The maximum Gasteiger partial charge on any atom is 0.306 e. The summed E-state index contributed by atoms with van der Waals surface area (Å²) in [6.45, 7) is 6.41. The Morgan fingerprint density at radius 3 is 1.15 bits per heavy atom. The summed E-state index contributed by atoms with van der Waals surface area (Å²) < 4.78 is 16.7. The number of carbonyl (C=O) groups excluding carboxylic acids is 3. The third-order valence-corrected chi connectivity index (χ3v) is 10.7. The van der Waals surface area contributed by atoms with Gasteiger partial charge in [-0.05, 0) is 77.0 Å². The lowest BCUT2D eigenvalue weighted by Crippen LogP contribution is -2.30. The predicted molar refractivity (Wildman–Crippen MR) is 265 cm³/mol. The van der Waals surface area contributed by atoms with Crippen molar-refractivity contribution in [3.05, 3.63) is 85.1 Å². The molecule has 0 saturated heterocycles. The number of hydrogen-bond acceptors (Lipinski definition) is 6. The van der Waals surface area contributed by atoms with Gasteiger partial charge in [-0.2, -0.15) is 0 Å². The van der Waals surface area contributed by atoms with E-state index in [9.17, 15) is 14.4 Å². The standard InChI is InChI=1S/C56H94O6/c1-4-7-10-13-16-19-21-23-25-27-28-29-31-32-34-37-40-43-46-49-55(58)61-52-53(51-60-54(57)48-45-42-39-36-18-15-12-9-6-3)62-56(59)50-47-44-41-38-35-33-30-26-24-22-20-17-14-11-8-5-2/h8,11,16-17,19-21,23-24,26,33,35,41,44,53H,4-7,9-10,12-15,18,22,25,27-32,34,36-40,42-43,45-52H2,1-3H3/b11-8-,19-16-,20-17-,23-21-,26-24-,35-33-,44-41-. The first-order valence-corrected chi connectivity index (χ1v) is 25.6. The van der Waals surface area contributed by atoms with E-state index in [-0.39, 0.29) is 31.6 Å². The van der Waals surface area contributed by atoms with E-state index in [1.807, 2.05) is 12.2 Å². The minimum atomic E-state index is -0.814. The Bertz CT molecular complexity index is 1220. The van der Waals surface area contributed by atoms with Gasteiger partial charge in [0, 0.05) is 19.3 Å². The van der Waals surface area contributed by atoms with Crippen molar-refractivity contribution in [2.24, 2.45) is 0 Å². The van der Waals surface area contributed by atoms with Crippen LogP contribution in [0.3, 0.4) is 0 Å². The van der Waals surface area contributed by atoms with E-state index < -0.39 is 12.1 Å². The fourth-order valence-corrected chi connectivity index (χ4v) is 6.83. The predicted octanol–water partition coefficient (Wildman–Crippen LogP) is 16.8. The molecule has 0 aromatic rings. The van der Waals surface area contributed by atoms with Gasteiger partial charge in [0.05, 0.1) is 0 Å². The normalized spacial score (nSPS) is 12.8. The van der Waals surface area contributed by atoms with E-state index in [1.54, 1.807) is 0 Å². The van der Waals surface area contributed by atoms with E-state index in [0.717, 1.165) is 70.6 Å². The summed E-state index contributed by atoms with van der Waals surface area (Å²) in [5.41, 5.74) is 0. The number of rotatable bonds is 45. The van der Waals surface area contributed by atoms with Crippen molar-refractivity contribution < 1.29 is 28.6 Å². The van der Waals surface area contributed by atoms with Crippen molar-refractivity contribution in [1.82, 2.24) is 0 Å². The summed E-state index contributed by atoms with van der Waals surface area (Å²) >= 11 is 0. The van der Waals surface area contributed by atoms with Gasteiger partial charge in [-0.15, -0.1) is 0 Å². The van der Waals surface area contributed by atoms with Crippen LogP contribution in [0.1, 0.15) is 233 Å². The highest BCUT2D eigenvalue weighted by Crippen LogP contribution is 2.14. The molecule has 0 spiro atoms. The molecule has 0 radical (unpaired) electrons. The van der Waals surface area contributed by atoms with Crippen LogP contribution in [-0.4, -0.2) is 37.2 Å². The van der Waals surface area contributed by atoms with Gasteiger partial charge < -0.3 is 14.2 Å². The van der Waals surface area contributed by atoms with E-state index in [2.05, 4.69) is 93.7 Å². The lowest BCUT2D eigenvalue weighted by atomic mass is 10.1. The summed E-state index contributed by atoms with van der Waals surface area (Å²) in [6.07, 6.45) is 64.4. The number of ether oxygens (including phenoxy) is 3. The number of hydrogen-bond donors (Lipinski definition) is 0. The molecule has 0 bridgehead atoms. The maximum atomic E-state index is 12.7. The van der Waals surface area contributed by atoms with Crippen LogP contribution in [0.4, 0.5) is 0 Å². The summed E-state index contributed by atoms with van der Waals surface area (Å²) in [6, 6.07) is 0. The first kappa shape index (κ1) is 58.6. The van der Waals surface area contributed by atoms with Crippen LogP contribution in [-0.2, 0) is 28.6 Å². The molecule has 0 aromatic heterocycles. The lowest BCUT2D eigenvalue weighted by Gasteiger charge is -2.18. The molecule has 0 fully saturated rings. The molecule has 0 aliphatic heterocycles. The largest absolute Gasteiger partial charge is 0.462 e. The topological polar surface area (TPSA) is 78.9 Å². The van der Waals surface area contributed by atoms with Gasteiger partial charge in [0.1, 0.15) is 13.2 Å². The number of allylic oxidation sites excluding steroid dienone is 14. The minimum absolute atomic E-state index is 0.106. The summed E-state index contributed by atoms with van der Waals surface area (Å²) in [4.78, 5) is 37.8. The molecule has 354 valence electrons. The second-order valence-electron chi connectivity index (χ2n) is 16.7. The average Bonchev–Trinajstić information content (AvgIpc) is 3.27. The zero-order valence-electron chi connectivity index (χ0n) is 40.4. The van der Waals surface area contributed by atoms with Crippen molar-refractivity contribution in [2.75, 3.05) is 13.2 Å². The van der Waals surface area contributed by atoms with Crippen LogP contribution in [0.5, 0.6) is 0 Å². The molecule has 6 heteroatoms. The highest BCUT2D eigenvalue weighted by molar-refractivity contribution is 5.71. The molecule has 0 aliphatic rings. The van der Waals surface area contributed by atoms with Crippen molar-refractivity contribution in [3.8, 4) is 0 Å². The molecule has 1 unspecified atom stereocenters. The molecular formula is C56H94O6. The first-order valence-electron chi connectivity index (χ1n) is 25.6. The van der Waals surface area contributed by atoms with Gasteiger partial charge in [-0.3, -0.25) is 14.4 Å². The first-order chi connectivity index (χ1) is 30.5. The SMILES string of the molecule is CC/C=C\C/C=C\C/C=C\C/C=C\C/C=C\CCC(=O)OC(COC(=O)CCCCCCCCCCC)COC(=O)CCCCCCCCCCCC/C=C\C=C/CCCCC. The Labute approximate surface area is 382 Å². The Morgan fingerprint density at radius 2 is 0.710 bits per heavy atom. The van der Waals surface area contributed by atoms with Crippen molar-refractivity contribution in [2.45, 2.75) is 239 Å². The minimum Gasteiger partial charge on any atom is -0.462 e. The quantitative estimate of drug-likeness (QED) is 0.0199. The molecule has 62 heavy (non-hydrogen) atoms. The second-order valence-corrected chi connectivity index (χ2v) is 16.7. The third-order valence-electron chi connectivity index (χ3n) is 10.7. The summed E-state index contributed by atoms with van der Waals surface area (Å²) in [5, 5.41) is 0. The monoisotopic (exact) mass is 863 g/mol. The Kier molecular flexibility index (Phi) is 47.5. The Morgan fingerprint density at radius 1 is 0.355 bits per heavy atom. The van der Waals surface area contributed by atoms with Crippen LogP contribution in [0.15, 0.2) is 85.1 Å². The molecule has 0 heterocycles. The molecule has 0 aliphatic carbocycles. The highest BCUT2D eigenvalue weighted by Gasteiger charge is 2.19. The van der Waals surface area contributed by atoms with E-state index in [1.165, 1.54) is 116 Å². The molecule has 6 nitrogen and oxygen atoms in total. The third kappa shape index (κ3) is 47.6. The highest BCUT2D eigenvalue weighted by atomic mass is 16.6. The molecular weight excluding hydrogens is 769 g/mol. The molecule has 0 aromatic carbocycles. The fourth-order valence-electron chi connectivity index (χ4n) is 6.83. The fraction of sp³-hybridized carbons (Fsp3) is 0.696. The van der Waals surface area contributed by atoms with Gasteiger partial charge in [0.2, 0.25) is 0 Å². The molecule has 0 saturated carbocycles. The summed E-state index contributed by atoms with van der Waals surface area (Å²) in [5.74, 6) is -0.998. The number of unbranched alkanes of at least 4 members (excludes halogenated alkanes) is 21. The summed E-state index contributed by atoms with van der Waals surface area (Å²) in [7, 11) is 0. The molecule has 1 atom stereocenters. The maximum absolute atomic E-state index is 12.7. The van der Waals surface area contributed by atoms with Gasteiger partial charge in [-0.25, -0.2) is 0 Å². The smallest absolute Gasteiger partial charge is 0.306 e. The van der Waals surface area contributed by atoms with E-state index in [0.29, 0.717) is 19.3 Å². The van der Waals surface area contributed by atoms with Crippen molar-refractivity contribution >= 4 is 17.9 Å². The Balaban J connectivity index is 4.41.